The summed E-state index contributed by atoms with van der Waals surface area (Å²) in [5.41, 5.74) is 1.60. The highest BCUT2D eigenvalue weighted by atomic mass is 32.2. The number of hydrogen-bond donors (Lipinski definition) is 0. The summed E-state index contributed by atoms with van der Waals surface area (Å²) in [6, 6.07) is 7.24. The Morgan fingerprint density at radius 2 is 1.69 bits per heavy atom. The zero-order valence-corrected chi connectivity index (χ0v) is 10.9. The standard InChI is InChI=1S/C12H17NO2S/c1-13(2)11-7-5-10(6-8-11)12(14)9-16(3,4)15/h5-9H,1-4H3. The van der Waals surface area contributed by atoms with E-state index in [-0.39, 0.29) is 5.78 Å². The number of benzene rings is 1. The largest absolute Gasteiger partial charge is 0.378 e. The third-order valence-electron chi connectivity index (χ3n) is 2.06. The lowest BCUT2D eigenvalue weighted by Gasteiger charge is -2.11. The van der Waals surface area contributed by atoms with Crippen LogP contribution >= 0.6 is 0 Å². The maximum atomic E-state index is 11.7. The van der Waals surface area contributed by atoms with Crippen LogP contribution in [0, 0.1) is 0 Å². The van der Waals surface area contributed by atoms with E-state index in [0.29, 0.717) is 5.56 Å². The summed E-state index contributed by atoms with van der Waals surface area (Å²) in [4.78, 5) is 13.7. The number of nitrogens with zero attached hydrogens (tertiary/aromatic N) is 1. The van der Waals surface area contributed by atoms with E-state index in [4.69, 9.17) is 0 Å². The van der Waals surface area contributed by atoms with Crippen LogP contribution in [0.5, 0.6) is 0 Å². The fourth-order valence-corrected chi connectivity index (χ4v) is 1.90. The van der Waals surface area contributed by atoms with Crippen LogP contribution in [0.15, 0.2) is 24.3 Å². The highest BCUT2D eigenvalue weighted by Crippen LogP contribution is 2.12. The number of rotatable bonds is 3. The molecule has 1 rings (SSSR count). The minimum Gasteiger partial charge on any atom is -0.378 e. The Labute approximate surface area is 97.1 Å². The van der Waals surface area contributed by atoms with E-state index < -0.39 is 9.52 Å². The van der Waals surface area contributed by atoms with Crippen molar-refractivity contribution < 1.29 is 9.00 Å². The van der Waals surface area contributed by atoms with E-state index in [1.807, 2.05) is 31.1 Å². The summed E-state index contributed by atoms with van der Waals surface area (Å²) in [5, 5.41) is 1.29. The molecule has 3 nitrogen and oxygen atoms in total. The number of anilines is 1. The van der Waals surface area contributed by atoms with Gasteiger partial charge in [0.1, 0.15) is 0 Å². The molecule has 0 fully saturated rings. The maximum Gasteiger partial charge on any atom is 0.193 e. The molecule has 0 heterocycles. The molecule has 0 bridgehead atoms. The average Bonchev–Trinajstić information content (AvgIpc) is 2.15. The Kier molecular flexibility index (Phi) is 3.75. The van der Waals surface area contributed by atoms with E-state index in [9.17, 15) is 9.00 Å². The lowest BCUT2D eigenvalue weighted by Crippen LogP contribution is -2.10. The Bertz CT molecular complexity index is 486. The van der Waals surface area contributed by atoms with Crippen molar-refractivity contribution in [3.8, 4) is 0 Å². The predicted molar refractivity (Wildman–Crippen MR) is 71.2 cm³/mol. The van der Waals surface area contributed by atoms with Gasteiger partial charge < -0.3 is 4.90 Å². The van der Waals surface area contributed by atoms with Crippen molar-refractivity contribution in [2.45, 2.75) is 0 Å². The third-order valence-corrected chi connectivity index (χ3v) is 2.84. The molecule has 0 aliphatic heterocycles. The Hall–Kier alpha value is -1.29. The van der Waals surface area contributed by atoms with Gasteiger partial charge in [-0.3, -0.25) is 9.00 Å². The average molecular weight is 239 g/mol. The number of hydrogen-bond acceptors (Lipinski definition) is 3. The first-order valence-electron chi connectivity index (χ1n) is 4.90. The summed E-state index contributed by atoms with van der Waals surface area (Å²) in [6.07, 6.45) is 3.11. The van der Waals surface area contributed by atoms with Gasteiger partial charge in [-0.1, -0.05) is 0 Å². The zero-order valence-electron chi connectivity index (χ0n) is 10.1. The van der Waals surface area contributed by atoms with Crippen LogP contribution in [0.2, 0.25) is 0 Å². The fourth-order valence-electron chi connectivity index (χ4n) is 1.25. The monoisotopic (exact) mass is 239 g/mol. The molecule has 16 heavy (non-hydrogen) atoms. The molecule has 0 aliphatic carbocycles. The van der Waals surface area contributed by atoms with E-state index in [1.54, 1.807) is 24.6 Å². The van der Waals surface area contributed by atoms with Crippen LogP contribution in [-0.2, 0) is 9.52 Å². The molecule has 4 heteroatoms. The third kappa shape index (κ3) is 3.70. The maximum absolute atomic E-state index is 11.7. The second-order valence-corrected chi connectivity index (χ2v) is 7.09. The summed E-state index contributed by atoms with van der Waals surface area (Å²) in [7, 11) is 1.74. The molecule has 1 aromatic carbocycles. The molecule has 1 aromatic rings. The molecule has 0 aromatic heterocycles. The lowest BCUT2D eigenvalue weighted by molar-refractivity contribution is 0.107. The summed E-state index contributed by atoms with van der Waals surface area (Å²) in [5.74, 6) is -0.180. The molecule has 0 atom stereocenters. The van der Waals surface area contributed by atoms with Crippen LogP contribution in [-0.4, -0.2) is 42.0 Å². The van der Waals surface area contributed by atoms with Crippen molar-refractivity contribution >= 4 is 26.4 Å². The van der Waals surface area contributed by atoms with Crippen molar-refractivity contribution in [1.29, 1.82) is 0 Å². The Morgan fingerprint density at radius 1 is 1.19 bits per heavy atom. The molecule has 0 saturated heterocycles. The first kappa shape index (κ1) is 12.8. The number of Topliss-reactive ketones (excluding diaryl/α,β-unsaturated/α-hetero) is 1. The molecule has 0 N–H and O–H groups in total. The molecule has 0 amide bonds. The summed E-state index contributed by atoms with van der Waals surface area (Å²) < 4.78 is 11.5. The van der Waals surface area contributed by atoms with Gasteiger partial charge in [-0.05, 0) is 33.8 Å². The van der Waals surface area contributed by atoms with Crippen molar-refractivity contribution in [3.63, 3.8) is 0 Å². The molecule has 0 saturated carbocycles. The molecular weight excluding hydrogens is 222 g/mol. The van der Waals surface area contributed by atoms with Gasteiger partial charge >= 0.3 is 0 Å². The lowest BCUT2D eigenvalue weighted by atomic mass is 10.1. The van der Waals surface area contributed by atoms with E-state index in [2.05, 4.69) is 0 Å². The Balaban J connectivity index is 3.00. The van der Waals surface area contributed by atoms with Crippen molar-refractivity contribution in [3.05, 3.63) is 29.8 Å². The first-order chi connectivity index (χ1) is 7.29. The van der Waals surface area contributed by atoms with Crippen molar-refractivity contribution in [2.75, 3.05) is 31.5 Å². The van der Waals surface area contributed by atoms with Crippen LogP contribution < -0.4 is 4.90 Å². The minimum absolute atomic E-state index is 0.180. The highest BCUT2D eigenvalue weighted by Gasteiger charge is 2.04. The highest BCUT2D eigenvalue weighted by molar-refractivity contribution is 8.01. The van der Waals surface area contributed by atoms with Gasteiger partial charge in [-0.25, -0.2) is 0 Å². The van der Waals surface area contributed by atoms with Crippen LogP contribution in [0.4, 0.5) is 5.69 Å². The Morgan fingerprint density at radius 3 is 2.06 bits per heavy atom. The van der Waals surface area contributed by atoms with Crippen molar-refractivity contribution in [1.82, 2.24) is 0 Å². The summed E-state index contributed by atoms with van der Waals surface area (Å²) >= 11 is 0. The molecule has 0 radical (unpaired) electrons. The van der Waals surface area contributed by atoms with Gasteiger partial charge in [-0.2, -0.15) is 0 Å². The van der Waals surface area contributed by atoms with Crippen LogP contribution in [0.25, 0.3) is 0 Å². The SMILES string of the molecule is CN(C)c1ccc(C(=O)C=S(C)(C)=O)cc1. The number of carbonyl (C=O) groups excluding carboxylic acids is 1. The molecular formula is C12H17NO2S. The minimum atomic E-state index is -2.13. The fraction of sp³-hybridized carbons (Fsp3) is 0.333. The summed E-state index contributed by atoms with van der Waals surface area (Å²) in [6.45, 7) is 0. The molecule has 0 unspecified atom stereocenters. The van der Waals surface area contributed by atoms with E-state index >= 15 is 0 Å². The smallest absolute Gasteiger partial charge is 0.193 e. The second-order valence-electron chi connectivity index (χ2n) is 4.23. The van der Waals surface area contributed by atoms with Crippen LogP contribution in [0.1, 0.15) is 10.4 Å². The molecule has 0 aliphatic rings. The van der Waals surface area contributed by atoms with E-state index in [1.165, 1.54) is 5.37 Å². The molecule has 88 valence electrons. The number of ketones is 1. The van der Waals surface area contributed by atoms with Gasteiger partial charge in [0.2, 0.25) is 0 Å². The molecule has 0 spiro atoms. The van der Waals surface area contributed by atoms with Crippen molar-refractivity contribution in [2.24, 2.45) is 0 Å². The normalized spacial score (nSPS) is 11.0. The predicted octanol–water partition coefficient (Wildman–Crippen LogP) is 1.28. The van der Waals surface area contributed by atoms with Gasteiger partial charge in [0, 0.05) is 43.2 Å². The zero-order chi connectivity index (χ0) is 12.3. The van der Waals surface area contributed by atoms with Crippen LogP contribution in [0.3, 0.4) is 0 Å². The quantitative estimate of drug-likeness (QED) is 0.589. The van der Waals surface area contributed by atoms with E-state index in [0.717, 1.165) is 5.69 Å². The second kappa shape index (κ2) is 4.70. The topological polar surface area (TPSA) is 37.4 Å². The van der Waals surface area contributed by atoms with Gasteiger partial charge in [0.15, 0.2) is 5.78 Å². The van der Waals surface area contributed by atoms with Gasteiger partial charge in [0.05, 0.1) is 0 Å². The van der Waals surface area contributed by atoms with Gasteiger partial charge in [0.25, 0.3) is 0 Å². The first-order valence-corrected chi connectivity index (χ1v) is 7.34. The number of carbonyl (C=O) groups is 1. The van der Waals surface area contributed by atoms with Gasteiger partial charge in [-0.15, -0.1) is 0 Å².